The van der Waals surface area contributed by atoms with Gasteiger partial charge in [-0.15, -0.1) is 12.4 Å². The van der Waals surface area contributed by atoms with Crippen LogP contribution in [0.15, 0.2) is 18.3 Å². The normalized spacial score (nSPS) is 20.9. The molecule has 0 aliphatic carbocycles. The van der Waals surface area contributed by atoms with Gasteiger partial charge in [-0.2, -0.15) is 0 Å². The maximum Gasteiger partial charge on any atom is 0.276 e. The van der Waals surface area contributed by atoms with Crippen LogP contribution in [0.2, 0.25) is 0 Å². The third-order valence-electron chi connectivity index (χ3n) is 4.76. The van der Waals surface area contributed by atoms with Gasteiger partial charge >= 0.3 is 0 Å². The molecule has 1 amide bonds. The molecule has 2 aliphatic rings. The Hall–Kier alpha value is -1.33. The minimum atomic E-state index is -0.146. The van der Waals surface area contributed by atoms with Crippen molar-refractivity contribution >= 4 is 18.3 Å². The monoisotopic (exact) mass is 311 g/mol. The highest BCUT2D eigenvalue weighted by atomic mass is 35.5. The highest BCUT2D eigenvalue weighted by molar-refractivity contribution is 5.94. The van der Waals surface area contributed by atoms with Crippen LogP contribution in [0.4, 0.5) is 0 Å². The number of aromatic nitrogens is 1. The Morgan fingerprint density at radius 3 is 2.52 bits per heavy atom. The predicted octanol–water partition coefficient (Wildman–Crippen LogP) is 1.81. The minimum absolute atomic E-state index is 0. The summed E-state index contributed by atoms with van der Waals surface area (Å²) < 4.78 is 0. The van der Waals surface area contributed by atoms with Crippen molar-refractivity contribution in [3.05, 3.63) is 24.0 Å². The lowest BCUT2D eigenvalue weighted by molar-refractivity contribution is 0.0488. The standard InChI is InChI=1S/C15H21N3O2.ClH/c19-12-2-1-7-17-13(12)14(20)18-10-5-15(6-11-18)3-8-16-9-4-15;/h1-2,7,16,19H,3-6,8-11H2;1H. The Bertz CT molecular complexity index is 493. The predicted molar refractivity (Wildman–Crippen MR) is 82.8 cm³/mol. The van der Waals surface area contributed by atoms with Crippen LogP contribution in [0.5, 0.6) is 5.75 Å². The van der Waals surface area contributed by atoms with Crippen molar-refractivity contribution < 1.29 is 9.90 Å². The first-order valence-corrected chi connectivity index (χ1v) is 7.34. The molecule has 2 N–H and O–H groups in total. The zero-order valence-corrected chi connectivity index (χ0v) is 12.9. The maximum atomic E-state index is 12.4. The summed E-state index contributed by atoms with van der Waals surface area (Å²) >= 11 is 0. The van der Waals surface area contributed by atoms with Crippen molar-refractivity contribution in [2.75, 3.05) is 26.2 Å². The minimum Gasteiger partial charge on any atom is -0.505 e. The molecule has 2 aliphatic heterocycles. The quantitative estimate of drug-likeness (QED) is 0.830. The number of carbonyl (C=O) groups excluding carboxylic acids is 1. The molecule has 5 nitrogen and oxygen atoms in total. The van der Waals surface area contributed by atoms with Gasteiger partial charge in [-0.1, -0.05) is 0 Å². The number of aromatic hydroxyl groups is 1. The second kappa shape index (κ2) is 6.62. The maximum absolute atomic E-state index is 12.4. The molecule has 0 bridgehead atoms. The van der Waals surface area contributed by atoms with E-state index < -0.39 is 0 Å². The van der Waals surface area contributed by atoms with Crippen molar-refractivity contribution in [2.45, 2.75) is 25.7 Å². The van der Waals surface area contributed by atoms with E-state index >= 15 is 0 Å². The summed E-state index contributed by atoms with van der Waals surface area (Å²) in [7, 11) is 0. The van der Waals surface area contributed by atoms with Crippen LogP contribution in [0.1, 0.15) is 36.2 Å². The van der Waals surface area contributed by atoms with Crippen molar-refractivity contribution in [3.8, 4) is 5.75 Å². The number of piperidine rings is 2. The van der Waals surface area contributed by atoms with Gasteiger partial charge in [-0.05, 0) is 56.3 Å². The number of pyridine rings is 1. The molecule has 0 aromatic carbocycles. The Kier molecular flexibility index (Phi) is 5.06. The number of halogens is 1. The van der Waals surface area contributed by atoms with Gasteiger partial charge in [0, 0.05) is 19.3 Å². The zero-order valence-electron chi connectivity index (χ0n) is 12.0. The molecule has 21 heavy (non-hydrogen) atoms. The number of hydrogen-bond donors (Lipinski definition) is 2. The molecule has 0 radical (unpaired) electrons. The van der Waals surface area contributed by atoms with Gasteiger partial charge in [0.2, 0.25) is 0 Å². The molecule has 1 spiro atoms. The van der Waals surface area contributed by atoms with E-state index in [1.807, 2.05) is 4.90 Å². The smallest absolute Gasteiger partial charge is 0.276 e. The van der Waals surface area contributed by atoms with E-state index in [1.165, 1.54) is 18.9 Å². The molecule has 2 fully saturated rings. The Labute approximate surface area is 131 Å². The number of amides is 1. The van der Waals surface area contributed by atoms with Gasteiger partial charge in [0.1, 0.15) is 5.75 Å². The molecule has 0 atom stereocenters. The average Bonchev–Trinajstić information content (AvgIpc) is 2.49. The summed E-state index contributed by atoms with van der Waals surface area (Å²) in [6, 6.07) is 3.14. The van der Waals surface area contributed by atoms with E-state index in [1.54, 1.807) is 12.3 Å². The SMILES string of the molecule is Cl.O=C(c1ncccc1O)N1CCC2(CCNCC2)CC1. The summed E-state index contributed by atoms with van der Waals surface area (Å²) in [4.78, 5) is 18.2. The summed E-state index contributed by atoms with van der Waals surface area (Å²) in [6.07, 6.45) is 6.10. The zero-order chi connectivity index (χ0) is 14.0. The number of nitrogens with one attached hydrogen (secondary N) is 1. The van der Waals surface area contributed by atoms with Crippen molar-refractivity contribution in [3.63, 3.8) is 0 Å². The topological polar surface area (TPSA) is 65.5 Å². The molecule has 6 heteroatoms. The Morgan fingerprint density at radius 2 is 1.90 bits per heavy atom. The number of nitrogens with zero attached hydrogens (tertiary/aromatic N) is 2. The summed E-state index contributed by atoms with van der Waals surface area (Å²) in [5.41, 5.74) is 0.600. The van der Waals surface area contributed by atoms with Crippen LogP contribution in [0, 0.1) is 5.41 Å². The number of hydrogen-bond acceptors (Lipinski definition) is 4. The molecule has 0 saturated carbocycles. The fourth-order valence-electron chi connectivity index (χ4n) is 3.35. The molecular formula is C15H22ClN3O2. The van der Waals surface area contributed by atoms with Crippen molar-refractivity contribution in [1.29, 1.82) is 0 Å². The molecule has 3 rings (SSSR count). The van der Waals surface area contributed by atoms with Gasteiger partial charge < -0.3 is 15.3 Å². The van der Waals surface area contributed by atoms with Crippen LogP contribution in [0.3, 0.4) is 0 Å². The highest BCUT2D eigenvalue weighted by Gasteiger charge is 2.37. The number of rotatable bonds is 1. The van der Waals surface area contributed by atoms with Gasteiger partial charge in [0.15, 0.2) is 5.69 Å². The lowest BCUT2D eigenvalue weighted by Crippen LogP contribution is -2.47. The van der Waals surface area contributed by atoms with Crippen molar-refractivity contribution in [2.24, 2.45) is 5.41 Å². The van der Waals surface area contributed by atoms with E-state index in [0.29, 0.717) is 5.41 Å². The fraction of sp³-hybridized carbons (Fsp3) is 0.600. The van der Waals surface area contributed by atoms with E-state index in [9.17, 15) is 9.90 Å². The first-order chi connectivity index (χ1) is 9.70. The fourth-order valence-corrected chi connectivity index (χ4v) is 3.35. The van der Waals surface area contributed by atoms with Gasteiger partial charge in [0.25, 0.3) is 5.91 Å². The lowest BCUT2D eigenvalue weighted by Gasteiger charge is -2.44. The van der Waals surface area contributed by atoms with Crippen molar-refractivity contribution in [1.82, 2.24) is 15.2 Å². The largest absolute Gasteiger partial charge is 0.505 e. The molecule has 2 saturated heterocycles. The molecular weight excluding hydrogens is 290 g/mol. The summed E-state index contributed by atoms with van der Waals surface area (Å²) in [5, 5.41) is 13.1. The summed E-state index contributed by atoms with van der Waals surface area (Å²) in [6.45, 7) is 3.73. The molecule has 3 heterocycles. The third-order valence-corrected chi connectivity index (χ3v) is 4.76. The van der Waals surface area contributed by atoms with Gasteiger partial charge in [0.05, 0.1) is 0 Å². The first kappa shape index (κ1) is 16.0. The first-order valence-electron chi connectivity index (χ1n) is 7.34. The van der Waals surface area contributed by atoms with Crippen LogP contribution >= 0.6 is 12.4 Å². The lowest BCUT2D eigenvalue weighted by atomic mass is 9.71. The Balaban J connectivity index is 0.00000161. The molecule has 116 valence electrons. The summed E-state index contributed by atoms with van der Waals surface area (Å²) in [5.74, 6) is -0.175. The number of carbonyl (C=O) groups is 1. The third kappa shape index (κ3) is 3.30. The molecule has 0 unspecified atom stereocenters. The van der Waals surface area contributed by atoms with Crippen LogP contribution < -0.4 is 5.32 Å². The second-order valence-electron chi connectivity index (χ2n) is 5.91. The number of likely N-dealkylation sites (tertiary alicyclic amines) is 1. The van der Waals surface area contributed by atoms with E-state index in [4.69, 9.17) is 0 Å². The highest BCUT2D eigenvalue weighted by Crippen LogP contribution is 2.39. The molecule has 1 aromatic rings. The Morgan fingerprint density at radius 1 is 1.24 bits per heavy atom. The molecule has 1 aromatic heterocycles. The second-order valence-corrected chi connectivity index (χ2v) is 5.91. The van der Waals surface area contributed by atoms with E-state index in [0.717, 1.165) is 39.0 Å². The van der Waals surface area contributed by atoms with Gasteiger partial charge in [-0.3, -0.25) is 4.79 Å². The van der Waals surface area contributed by atoms with Crippen LogP contribution in [0.25, 0.3) is 0 Å². The van der Waals surface area contributed by atoms with Crippen LogP contribution in [-0.2, 0) is 0 Å². The average molecular weight is 312 g/mol. The van der Waals surface area contributed by atoms with Gasteiger partial charge in [-0.25, -0.2) is 4.98 Å². The van der Waals surface area contributed by atoms with Crippen LogP contribution in [-0.4, -0.2) is 47.1 Å². The van der Waals surface area contributed by atoms with E-state index in [-0.39, 0.29) is 29.8 Å². The van der Waals surface area contributed by atoms with E-state index in [2.05, 4.69) is 10.3 Å².